The van der Waals surface area contributed by atoms with Crippen molar-refractivity contribution < 1.29 is 14.3 Å². The van der Waals surface area contributed by atoms with Gasteiger partial charge in [-0.2, -0.15) is 5.10 Å². The van der Waals surface area contributed by atoms with E-state index >= 15 is 0 Å². The highest BCUT2D eigenvalue weighted by atomic mass is 16.5. The Hall–Kier alpha value is -2.63. The summed E-state index contributed by atoms with van der Waals surface area (Å²) in [5, 5.41) is 6.80. The maximum absolute atomic E-state index is 12.5. The Morgan fingerprint density at radius 2 is 1.64 bits per heavy atom. The van der Waals surface area contributed by atoms with Crippen LogP contribution in [0, 0.1) is 0 Å². The van der Waals surface area contributed by atoms with Crippen molar-refractivity contribution >= 4 is 11.9 Å². The lowest BCUT2D eigenvalue weighted by atomic mass is 10.1. The first-order valence-electron chi connectivity index (χ1n) is 8.45. The van der Waals surface area contributed by atoms with Gasteiger partial charge in [-0.15, -0.1) is 0 Å². The fourth-order valence-electron chi connectivity index (χ4n) is 2.77. The van der Waals surface area contributed by atoms with E-state index in [1.807, 2.05) is 58.0 Å². The lowest BCUT2D eigenvalue weighted by Crippen LogP contribution is -2.47. The predicted molar refractivity (Wildman–Crippen MR) is 96.0 cm³/mol. The number of benzene rings is 1. The molecule has 0 saturated heterocycles. The number of carbonyl (C=O) groups is 2. The molecular formula is C19H25N3O3. The molecule has 0 bridgehead atoms. The molecule has 2 aromatic rings. The number of aromatic nitrogens is 2. The van der Waals surface area contributed by atoms with Crippen LogP contribution in [0.25, 0.3) is 11.3 Å². The van der Waals surface area contributed by atoms with Crippen LogP contribution in [0.3, 0.4) is 0 Å². The highest BCUT2D eigenvalue weighted by molar-refractivity contribution is 5.91. The zero-order chi connectivity index (χ0) is 18.6. The molecule has 0 radical (unpaired) electrons. The molecule has 0 saturated carbocycles. The van der Waals surface area contributed by atoms with Crippen molar-refractivity contribution in [2.45, 2.75) is 52.8 Å². The summed E-state index contributed by atoms with van der Waals surface area (Å²) in [6.07, 6.45) is -0.860. The zero-order valence-electron chi connectivity index (χ0n) is 15.3. The van der Waals surface area contributed by atoms with Gasteiger partial charge in [0.2, 0.25) is 0 Å². The summed E-state index contributed by atoms with van der Waals surface area (Å²) in [5.41, 5.74) is 1.77. The van der Waals surface area contributed by atoms with Gasteiger partial charge in [0, 0.05) is 17.6 Å². The van der Waals surface area contributed by atoms with Crippen molar-refractivity contribution in [1.82, 2.24) is 15.1 Å². The van der Waals surface area contributed by atoms with Gasteiger partial charge in [-0.25, -0.2) is 4.79 Å². The summed E-state index contributed by atoms with van der Waals surface area (Å²) in [6.45, 7) is 9.34. The third kappa shape index (κ3) is 4.47. The summed E-state index contributed by atoms with van der Waals surface area (Å²) in [5.74, 6) is -0.802. The van der Waals surface area contributed by atoms with Crippen molar-refractivity contribution in [3.05, 3.63) is 42.1 Å². The molecule has 1 unspecified atom stereocenters. The van der Waals surface area contributed by atoms with E-state index in [0.717, 1.165) is 5.56 Å². The van der Waals surface area contributed by atoms with Crippen LogP contribution in [-0.4, -0.2) is 45.2 Å². The Labute approximate surface area is 148 Å². The zero-order valence-corrected chi connectivity index (χ0v) is 15.3. The number of H-pyrrole nitrogens is 1. The number of hydrogen-bond donors (Lipinski definition) is 1. The maximum Gasteiger partial charge on any atom is 0.357 e. The fourth-order valence-corrected chi connectivity index (χ4v) is 2.77. The highest BCUT2D eigenvalue weighted by Gasteiger charge is 2.28. The van der Waals surface area contributed by atoms with Crippen LogP contribution in [0.15, 0.2) is 36.4 Å². The normalized spacial score (nSPS) is 12.3. The van der Waals surface area contributed by atoms with E-state index in [4.69, 9.17) is 4.74 Å². The van der Waals surface area contributed by atoms with Crippen molar-refractivity contribution in [3.63, 3.8) is 0 Å². The first kappa shape index (κ1) is 18.7. The van der Waals surface area contributed by atoms with Crippen molar-refractivity contribution in [1.29, 1.82) is 0 Å². The number of amides is 1. The second-order valence-electron chi connectivity index (χ2n) is 6.51. The maximum atomic E-state index is 12.5. The quantitative estimate of drug-likeness (QED) is 0.817. The van der Waals surface area contributed by atoms with Gasteiger partial charge in [-0.1, -0.05) is 30.3 Å². The van der Waals surface area contributed by atoms with Gasteiger partial charge in [0.25, 0.3) is 5.91 Å². The molecular weight excluding hydrogens is 318 g/mol. The van der Waals surface area contributed by atoms with E-state index in [9.17, 15) is 9.59 Å². The average molecular weight is 343 g/mol. The molecule has 0 fully saturated rings. The van der Waals surface area contributed by atoms with Gasteiger partial charge in [-0.3, -0.25) is 9.89 Å². The average Bonchev–Trinajstić information content (AvgIpc) is 3.05. The second-order valence-corrected chi connectivity index (χ2v) is 6.51. The van der Waals surface area contributed by atoms with Gasteiger partial charge in [-0.05, 0) is 40.7 Å². The molecule has 6 nitrogen and oxygen atoms in total. The fraction of sp³-hybridized carbons (Fsp3) is 0.421. The number of nitrogens with zero attached hydrogens (tertiary/aromatic N) is 2. The largest absolute Gasteiger partial charge is 0.448 e. The van der Waals surface area contributed by atoms with E-state index in [1.54, 1.807) is 17.9 Å². The van der Waals surface area contributed by atoms with Crippen LogP contribution in [0.1, 0.15) is 45.1 Å². The standard InChI is InChI=1S/C19H25N3O3/c1-12(2)22(13(3)4)18(23)14(5)25-19(24)17-11-16(20-21-17)15-9-7-6-8-10-15/h6-14H,1-5H3,(H,20,21). The summed E-state index contributed by atoms with van der Waals surface area (Å²) in [6, 6.07) is 11.2. The van der Waals surface area contributed by atoms with Crippen LogP contribution < -0.4 is 0 Å². The number of carbonyl (C=O) groups excluding carboxylic acids is 2. The van der Waals surface area contributed by atoms with Crippen LogP contribution in [-0.2, 0) is 9.53 Å². The molecule has 1 N–H and O–H groups in total. The number of esters is 1. The van der Waals surface area contributed by atoms with Gasteiger partial charge in [0.15, 0.2) is 6.10 Å². The molecule has 134 valence electrons. The number of rotatable bonds is 6. The lowest BCUT2D eigenvalue weighted by molar-refractivity contribution is -0.143. The van der Waals surface area contributed by atoms with Crippen molar-refractivity contribution in [2.24, 2.45) is 0 Å². The SMILES string of the molecule is CC(OC(=O)c1cc(-c2ccccc2)n[nH]1)C(=O)N(C(C)C)C(C)C. The summed E-state index contributed by atoms with van der Waals surface area (Å²) in [7, 11) is 0. The highest BCUT2D eigenvalue weighted by Crippen LogP contribution is 2.18. The summed E-state index contributed by atoms with van der Waals surface area (Å²) < 4.78 is 5.33. The second kappa shape index (κ2) is 7.96. The molecule has 25 heavy (non-hydrogen) atoms. The van der Waals surface area contributed by atoms with E-state index in [-0.39, 0.29) is 23.7 Å². The van der Waals surface area contributed by atoms with E-state index in [0.29, 0.717) is 5.69 Å². The topological polar surface area (TPSA) is 75.3 Å². The molecule has 2 rings (SSSR count). The number of nitrogens with one attached hydrogen (secondary N) is 1. The van der Waals surface area contributed by atoms with Gasteiger partial charge in [0.1, 0.15) is 5.69 Å². The van der Waals surface area contributed by atoms with E-state index < -0.39 is 12.1 Å². The van der Waals surface area contributed by atoms with Gasteiger partial charge < -0.3 is 9.64 Å². The monoisotopic (exact) mass is 343 g/mol. The Balaban J connectivity index is 2.07. The minimum atomic E-state index is -0.860. The minimum Gasteiger partial charge on any atom is -0.448 e. The Kier molecular flexibility index (Phi) is 5.96. The first-order valence-corrected chi connectivity index (χ1v) is 8.45. The smallest absolute Gasteiger partial charge is 0.357 e. The van der Waals surface area contributed by atoms with Crippen LogP contribution in [0.4, 0.5) is 0 Å². The third-order valence-electron chi connectivity index (χ3n) is 3.87. The van der Waals surface area contributed by atoms with Crippen LogP contribution in [0.5, 0.6) is 0 Å². The Morgan fingerprint density at radius 1 is 1.04 bits per heavy atom. The predicted octanol–water partition coefficient (Wildman–Crippen LogP) is 3.27. The first-order chi connectivity index (χ1) is 11.8. The lowest BCUT2D eigenvalue weighted by Gasteiger charge is -2.32. The summed E-state index contributed by atoms with van der Waals surface area (Å²) in [4.78, 5) is 26.6. The molecule has 0 aliphatic heterocycles. The number of ether oxygens (including phenoxy) is 1. The molecule has 1 atom stereocenters. The molecule has 0 aliphatic rings. The molecule has 1 heterocycles. The molecule has 0 spiro atoms. The van der Waals surface area contributed by atoms with E-state index in [2.05, 4.69) is 10.2 Å². The van der Waals surface area contributed by atoms with Gasteiger partial charge in [0.05, 0.1) is 5.69 Å². The minimum absolute atomic E-state index is 0.0329. The molecule has 0 aliphatic carbocycles. The number of aromatic amines is 1. The summed E-state index contributed by atoms with van der Waals surface area (Å²) >= 11 is 0. The van der Waals surface area contributed by atoms with Gasteiger partial charge >= 0.3 is 5.97 Å². The van der Waals surface area contributed by atoms with Crippen molar-refractivity contribution in [2.75, 3.05) is 0 Å². The molecule has 1 aromatic heterocycles. The molecule has 1 amide bonds. The Bertz CT molecular complexity index is 715. The third-order valence-corrected chi connectivity index (χ3v) is 3.87. The van der Waals surface area contributed by atoms with Crippen LogP contribution >= 0.6 is 0 Å². The van der Waals surface area contributed by atoms with Crippen molar-refractivity contribution in [3.8, 4) is 11.3 Å². The molecule has 1 aromatic carbocycles. The molecule has 6 heteroatoms. The Morgan fingerprint density at radius 3 is 2.20 bits per heavy atom. The van der Waals surface area contributed by atoms with Crippen LogP contribution in [0.2, 0.25) is 0 Å². The number of hydrogen-bond acceptors (Lipinski definition) is 4. The van der Waals surface area contributed by atoms with E-state index in [1.165, 1.54) is 0 Å².